The molecule has 1 aliphatic heterocycles. The average molecular weight is 269 g/mol. The fraction of sp³-hybridized carbons (Fsp3) is 0.400. The van der Waals surface area contributed by atoms with Crippen LogP contribution in [0.4, 0.5) is 11.8 Å². The van der Waals surface area contributed by atoms with Gasteiger partial charge in [-0.1, -0.05) is 30.3 Å². The van der Waals surface area contributed by atoms with E-state index in [1.54, 1.807) is 0 Å². The fourth-order valence-electron chi connectivity index (χ4n) is 2.61. The SMILES string of the molecule is Nc1nnc(Cc2ccccc2)c(N2CCCCC2)n1. The summed E-state index contributed by atoms with van der Waals surface area (Å²) in [5.41, 5.74) is 7.84. The van der Waals surface area contributed by atoms with Gasteiger partial charge in [-0.2, -0.15) is 4.98 Å². The second-order valence-electron chi connectivity index (χ2n) is 5.15. The third-order valence-corrected chi connectivity index (χ3v) is 3.62. The minimum atomic E-state index is 0.252. The summed E-state index contributed by atoms with van der Waals surface area (Å²) in [6.07, 6.45) is 4.44. The fourth-order valence-corrected chi connectivity index (χ4v) is 2.61. The van der Waals surface area contributed by atoms with Crippen molar-refractivity contribution in [3.05, 3.63) is 41.6 Å². The van der Waals surface area contributed by atoms with Crippen LogP contribution in [0, 0.1) is 0 Å². The Morgan fingerprint density at radius 2 is 1.75 bits per heavy atom. The maximum absolute atomic E-state index is 5.72. The first kappa shape index (κ1) is 12.8. The minimum absolute atomic E-state index is 0.252. The summed E-state index contributed by atoms with van der Waals surface area (Å²) in [4.78, 5) is 6.71. The highest BCUT2D eigenvalue weighted by molar-refractivity contribution is 5.47. The molecule has 0 bridgehead atoms. The molecule has 104 valence electrons. The number of hydrogen-bond donors (Lipinski definition) is 1. The smallest absolute Gasteiger partial charge is 0.242 e. The Hall–Kier alpha value is -2.17. The van der Waals surface area contributed by atoms with Gasteiger partial charge in [-0.05, 0) is 24.8 Å². The van der Waals surface area contributed by atoms with Crippen molar-refractivity contribution < 1.29 is 0 Å². The lowest BCUT2D eigenvalue weighted by Crippen LogP contribution is -2.32. The van der Waals surface area contributed by atoms with Crippen molar-refractivity contribution in [2.75, 3.05) is 23.7 Å². The van der Waals surface area contributed by atoms with Gasteiger partial charge in [0.15, 0.2) is 5.82 Å². The van der Waals surface area contributed by atoms with Crippen LogP contribution in [0.1, 0.15) is 30.5 Å². The van der Waals surface area contributed by atoms with Crippen LogP contribution in [0.2, 0.25) is 0 Å². The highest BCUT2D eigenvalue weighted by atomic mass is 15.3. The molecule has 1 saturated heterocycles. The maximum atomic E-state index is 5.72. The first-order valence-electron chi connectivity index (χ1n) is 7.11. The van der Waals surface area contributed by atoms with Crippen LogP contribution in [0.3, 0.4) is 0 Å². The van der Waals surface area contributed by atoms with E-state index in [-0.39, 0.29) is 5.95 Å². The molecule has 20 heavy (non-hydrogen) atoms. The molecular weight excluding hydrogens is 250 g/mol. The Morgan fingerprint density at radius 1 is 1.00 bits per heavy atom. The third-order valence-electron chi connectivity index (χ3n) is 3.62. The molecule has 1 aromatic carbocycles. The molecule has 0 atom stereocenters. The number of nitrogens with zero attached hydrogens (tertiary/aromatic N) is 4. The first-order valence-corrected chi connectivity index (χ1v) is 7.11. The van der Waals surface area contributed by atoms with E-state index < -0.39 is 0 Å². The maximum Gasteiger partial charge on any atom is 0.242 e. The van der Waals surface area contributed by atoms with Crippen LogP contribution >= 0.6 is 0 Å². The molecule has 1 aromatic heterocycles. The first-order chi connectivity index (χ1) is 9.83. The Balaban J connectivity index is 1.89. The standard InChI is InChI=1S/C15H19N5/c16-15-17-14(20-9-5-2-6-10-20)13(18-19-15)11-12-7-3-1-4-8-12/h1,3-4,7-8H,2,5-6,9-11H2,(H2,16,17,19). The molecule has 0 amide bonds. The van der Waals surface area contributed by atoms with Crippen molar-refractivity contribution in [1.82, 2.24) is 15.2 Å². The minimum Gasteiger partial charge on any atom is -0.366 e. The van der Waals surface area contributed by atoms with Crippen LogP contribution in [0.15, 0.2) is 30.3 Å². The molecule has 0 saturated carbocycles. The van der Waals surface area contributed by atoms with Gasteiger partial charge in [0, 0.05) is 19.5 Å². The van der Waals surface area contributed by atoms with Crippen molar-refractivity contribution in [3.63, 3.8) is 0 Å². The molecule has 0 unspecified atom stereocenters. The number of piperidine rings is 1. The van der Waals surface area contributed by atoms with Gasteiger partial charge in [0.1, 0.15) is 5.69 Å². The number of nitrogen functional groups attached to an aromatic ring is 1. The van der Waals surface area contributed by atoms with Gasteiger partial charge in [-0.15, -0.1) is 10.2 Å². The van der Waals surface area contributed by atoms with E-state index in [1.165, 1.54) is 24.8 Å². The van der Waals surface area contributed by atoms with Gasteiger partial charge in [0.25, 0.3) is 0 Å². The van der Waals surface area contributed by atoms with E-state index in [0.29, 0.717) is 0 Å². The molecule has 5 heteroatoms. The average Bonchev–Trinajstić information content (AvgIpc) is 2.51. The number of anilines is 2. The molecule has 5 nitrogen and oxygen atoms in total. The van der Waals surface area contributed by atoms with Crippen molar-refractivity contribution in [3.8, 4) is 0 Å². The number of aromatic nitrogens is 3. The number of nitrogens with two attached hydrogens (primary N) is 1. The van der Waals surface area contributed by atoms with E-state index in [1.807, 2.05) is 18.2 Å². The molecule has 2 heterocycles. The quantitative estimate of drug-likeness (QED) is 0.923. The predicted octanol–water partition coefficient (Wildman–Crippen LogP) is 2.03. The summed E-state index contributed by atoms with van der Waals surface area (Å²) in [5, 5.41) is 8.19. The van der Waals surface area contributed by atoms with Crippen molar-refractivity contribution in [1.29, 1.82) is 0 Å². The van der Waals surface area contributed by atoms with Gasteiger partial charge >= 0.3 is 0 Å². The second kappa shape index (κ2) is 5.86. The normalized spacial score (nSPS) is 15.3. The lowest BCUT2D eigenvalue weighted by molar-refractivity contribution is 0.569. The van der Waals surface area contributed by atoms with Gasteiger partial charge < -0.3 is 10.6 Å². The van der Waals surface area contributed by atoms with E-state index in [2.05, 4.69) is 32.2 Å². The van der Waals surface area contributed by atoms with E-state index in [4.69, 9.17) is 5.73 Å². The highest BCUT2D eigenvalue weighted by Crippen LogP contribution is 2.22. The Labute approximate surface area is 118 Å². The number of benzene rings is 1. The molecule has 1 fully saturated rings. The zero-order valence-electron chi connectivity index (χ0n) is 11.5. The largest absolute Gasteiger partial charge is 0.366 e. The molecule has 0 aliphatic carbocycles. The van der Waals surface area contributed by atoms with E-state index >= 15 is 0 Å². The van der Waals surface area contributed by atoms with Gasteiger partial charge in [0.2, 0.25) is 5.95 Å². The van der Waals surface area contributed by atoms with Crippen LogP contribution in [0.5, 0.6) is 0 Å². The summed E-state index contributed by atoms with van der Waals surface area (Å²) in [7, 11) is 0. The van der Waals surface area contributed by atoms with Crippen LogP contribution < -0.4 is 10.6 Å². The lowest BCUT2D eigenvalue weighted by Gasteiger charge is -2.28. The summed E-state index contributed by atoms with van der Waals surface area (Å²) < 4.78 is 0. The van der Waals surface area contributed by atoms with E-state index in [0.717, 1.165) is 31.0 Å². The summed E-state index contributed by atoms with van der Waals surface area (Å²) >= 11 is 0. The lowest BCUT2D eigenvalue weighted by atomic mass is 10.1. The van der Waals surface area contributed by atoms with Crippen molar-refractivity contribution in [2.24, 2.45) is 0 Å². The molecule has 2 N–H and O–H groups in total. The molecule has 1 aliphatic rings. The molecule has 2 aromatic rings. The van der Waals surface area contributed by atoms with Crippen molar-refractivity contribution >= 4 is 11.8 Å². The van der Waals surface area contributed by atoms with E-state index in [9.17, 15) is 0 Å². The highest BCUT2D eigenvalue weighted by Gasteiger charge is 2.18. The van der Waals surface area contributed by atoms with Gasteiger partial charge in [-0.3, -0.25) is 0 Å². The zero-order chi connectivity index (χ0) is 13.8. The summed E-state index contributed by atoms with van der Waals surface area (Å²) in [5.74, 6) is 1.16. The molecule has 3 rings (SSSR count). The van der Waals surface area contributed by atoms with Crippen LogP contribution in [-0.4, -0.2) is 28.3 Å². The molecular formula is C15H19N5. The number of hydrogen-bond acceptors (Lipinski definition) is 5. The van der Waals surface area contributed by atoms with Gasteiger partial charge in [0.05, 0.1) is 0 Å². The zero-order valence-corrected chi connectivity index (χ0v) is 11.5. The van der Waals surface area contributed by atoms with Gasteiger partial charge in [-0.25, -0.2) is 0 Å². The number of rotatable bonds is 3. The Bertz CT molecular complexity index is 564. The monoisotopic (exact) mass is 269 g/mol. The van der Waals surface area contributed by atoms with Crippen LogP contribution in [-0.2, 0) is 6.42 Å². The molecule has 0 radical (unpaired) electrons. The predicted molar refractivity (Wildman–Crippen MR) is 79.6 cm³/mol. The van der Waals surface area contributed by atoms with Crippen molar-refractivity contribution in [2.45, 2.75) is 25.7 Å². The summed E-state index contributed by atoms with van der Waals surface area (Å²) in [6.45, 7) is 2.06. The third kappa shape index (κ3) is 2.87. The molecule has 0 spiro atoms. The Morgan fingerprint density at radius 3 is 2.50 bits per heavy atom. The van der Waals surface area contributed by atoms with Crippen LogP contribution in [0.25, 0.3) is 0 Å². The summed E-state index contributed by atoms with van der Waals surface area (Å²) in [6, 6.07) is 10.3. The second-order valence-corrected chi connectivity index (χ2v) is 5.15. The Kier molecular flexibility index (Phi) is 3.76. The topological polar surface area (TPSA) is 67.9 Å².